The molecule has 6 rings (SSSR count). The first kappa shape index (κ1) is 41.9. The zero-order valence-corrected chi connectivity index (χ0v) is 39.7. The topological polar surface area (TPSA) is 71.4 Å². The molecule has 10 heteroatoms. The van der Waals surface area contributed by atoms with Crippen LogP contribution < -0.4 is 4.74 Å². The molecule has 1 saturated heterocycles. The Balaban J connectivity index is 0.000000308. The smallest absolute Gasteiger partial charge is 0.498 e. The summed E-state index contributed by atoms with van der Waals surface area (Å²) in [6, 6.07) is 29.8. The van der Waals surface area contributed by atoms with Crippen LogP contribution in [0.3, 0.4) is 0 Å². The molecule has 2 unspecified atom stereocenters. The quantitative estimate of drug-likeness (QED) is 0.0644. The van der Waals surface area contributed by atoms with Crippen LogP contribution in [0.1, 0.15) is 29.5 Å². The monoisotopic (exact) mass is 1310 g/mol. The number of nitrogens with zero attached hydrogens (tertiary/aromatic N) is 2. The second-order valence-corrected chi connectivity index (χ2v) is 22.3. The van der Waals surface area contributed by atoms with E-state index in [9.17, 15) is 9.90 Å². The number of alkyl halides is 2. The van der Waals surface area contributed by atoms with Crippen LogP contribution in [-0.4, -0.2) is 55.4 Å². The fraction of sp³-hybridized carbons (Fsp3) is 0.216. The summed E-state index contributed by atoms with van der Waals surface area (Å²) in [5.74, 6) is 2.38. The van der Waals surface area contributed by atoms with Crippen LogP contribution in [-0.2, 0) is 4.74 Å². The molecule has 0 aliphatic carbocycles. The summed E-state index contributed by atoms with van der Waals surface area (Å²) in [4.78, 5) is 21.2. The Bertz CT molecular complexity index is 1600. The molecule has 3 aliphatic heterocycles. The number of aliphatic hydroxyl groups is 1. The van der Waals surface area contributed by atoms with Crippen molar-refractivity contribution in [3.05, 3.63) is 146 Å². The Morgan fingerprint density at radius 3 is 2.30 bits per heavy atom. The third-order valence-electron chi connectivity index (χ3n) is 7.48. The van der Waals surface area contributed by atoms with E-state index < -0.39 is 38.7 Å². The SMILES string of the molecule is C=I1(C)CCCC1=NC1=IC(=O)N(CC2COC([CH2-])=C2O)C=C1.COc1ccc([C-](c2cc[c-]cc2)c2ccccc2)cc1.[CH3-].[U+2].[U+2]. The van der Waals surface area contributed by atoms with Gasteiger partial charge in [-0.2, -0.15) is 35.9 Å². The van der Waals surface area contributed by atoms with Gasteiger partial charge >= 0.3 is 213 Å². The van der Waals surface area contributed by atoms with Crippen LogP contribution >= 0.6 is 38.7 Å². The molecular formula is C37H40I2N2O4U2. The minimum Gasteiger partial charge on any atom is -0.498 e. The molecule has 1 amide bonds. The average Bonchev–Trinajstić information content (AvgIpc) is 3.54. The standard InChI is InChI=1S/C20H16O.C16H21I2N2O3.CH3.2U/c1-21-19-14-12-18(13-15-19)20(16-8-4-2-5-9-16)17-10-6-3-7-11-17;1-11-15(21)12(10-23-11)9-20-8-6-13(17-16(20)22)19-14-5-4-7-18(14,2)3;;;/h2,4-15H,1H3;6,8,12,21H,1-2,4-5,7,9-10H2,3H3;1H3;;/q-2;2*-1;2*+2. The number of allylic oxidation sites excluding steroid dienone is 1. The maximum absolute atomic E-state index is 12.4. The fourth-order valence-corrected chi connectivity index (χ4v) is 12.6. The van der Waals surface area contributed by atoms with Gasteiger partial charge in [0.15, 0.2) is 0 Å². The van der Waals surface area contributed by atoms with Gasteiger partial charge in [0.1, 0.15) is 5.75 Å². The van der Waals surface area contributed by atoms with Crippen LogP contribution in [0.5, 0.6) is 5.75 Å². The number of amides is 1. The maximum Gasteiger partial charge on any atom is 2.00 e. The third kappa shape index (κ3) is 11.1. The van der Waals surface area contributed by atoms with Gasteiger partial charge in [-0.05, 0) is 12.1 Å². The van der Waals surface area contributed by atoms with E-state index in [0.717, 1.165) is 15.8 Å². The van der Waals surface area contributed by atoms with Gasteiger partial charge in [0.2, 0.25) is 0 Å². The molecule has 0 bridgehead atoms. The molecule has 244 valence electrons. The normalized spacial score (nSPS) is 22.0. The largest absolute Gasteiger partial charge is 2.00 e. The van der Waals surface area contributed by atoms with Crippen molar-refractivity contribution < 1.29 is 81.6 Å². The summed E-state index contributed by atoms with van der Waals surface area (Å²) in [7, 11) is 1.68. The van der Waals surface area contributed by atoms with Crippen LogP contribution in [0.15, 0.2) is 108 Å². The molecule has 47 heavy (non-hydrogen) atoms. The Labute approximate surface area is 341 Å². The predicted molar refractivity (Wildman–Crippen MR) is 205 cm³/mol. The van der Waals surface area contributed by atoms with Crippen molar-refractivity contribution in [3.63, 3.8) is 0 Å². The van der Waals surface area contributed by atoms with Gasteiger partial charge in [-0.3, -0.25) is 0 Å². The molecule has 3 aliphatic rings. The molecule has 3 heterocycles. The molecule has 6 nitrogen and oxygen atoms in total. The number of rotatable bonds is 7. The summed E-state index contributed by atoms with van der Waals surface area (Å²) in [6.07, 6.45) is 6.01. The summed E-state index contributed by atoms with van der Waals surface area (Å²) in [6.45, 7) is 4.45. The first-order valence-electron chi connectivity index (χ1n) is 14.2. The van der Waals surface area contributed by atoms with Gasteiger partial charge in [-0.15, -0.1) is 0 Å². The summed E-state index contributed by atoms with van der Waals surface area (Å²) < 4.78 is 18.5. The van der Waals surface area contributed by atoms with E-state index in [1.54, 1.807) is 18.2 Å². The van der Waals surface area contributed by atoms with E-state index in [4.69, 9.17) is 14.5 Å². The molecule has 1 fully saturated rings. The van der Waals surface area contributed by atoms with E-state index >= 15 is 0 Å². The van der Waals surface area contributed by atoms with Gasteiger partial charge < -0.3 is 12.2 Å². The molecule has 0 radical (unpaired) electrons. The van der Waals surface area contributed by atoms with Gasteiger partial charge in [0.05, 0.1) is 7.11 Å². The van der Waals surface area contributed by atoms with E-state index in [2.05, 4.69) is 71.0 Å². The van der Waals surface area contributed by atoms with Crippen molar-refractivity contribution in [2.24, 2.45) is 10.9 Å². The number of aliphatic hydroxyl groups excluding tert-OH is 1. The Hall–Kier alpha value is -1.28. The van der Waals surface area contributed by atoms with Crippen LogP contribution in [0.25, 0.3) is 0 Å². The summed E-state index contributed by atoms with van der Waals surface area (Å²) >= 11 is -2.79. The maximum atomic E-state index is 12.4. The molecule has 2 atom stereocenters. The molecule has 0 aromatic heterocycles. The Morgan fingerprint density at radius 1 is 1.11 bits per heavy atom. The van der Waals surface area contributed by atoms with Crippen molar-refractivity contribution >= 4 is 54.5 Å². The molecule has 1 N–H and O–H groups in total. The van der Waals surface area contributed by atoms with Crippen molar-refractivity contribution in [2.45, 2.75) is 12.8 Å². The van der Waals surface area contributed by atoms with Gasteiger partial charge in [-0.25, -0.2) is 0 Å². The van der Waals surface area contributed by atoms with Gasteiger partial charge in [0, 0.05) is 0 Å². The number of hydrogen-bond donors (Lipinski definition) is 1. The van der Waals surface area contributed by atoms with Gasteiger partial charge in [0.25, 0.3) is 0 Å². The Kier molecular flexibility index (Phi) is 17.6. The number of methoxy groups -OCH3 is 1. The first-order chi connectivity index (χ1) is 21.2. The fourth-order valence-electron chi connectivity index (χ4n) is 5.06. The molecule has 3 aromatic carbocycles. The van der Waals surface area contributed by atoms with E-state index in [0.29, 0.717) is 18.9 Å². The molecule has 0 saturated carbocycles. The molecule has 0 spiro atoms. The van der Waals surface area contributed by atoms with E-state index in [1.165, 1.54) is 37.2 Å². The van der Waals surface area contributed by atoms with Crippen molar-refractivity contribution in [2.75, 3.05) is 29.6 Å². The average molecular weight is 1310 g/mol. The summed E-state index contributed by atoms with van der Waals surface area (Å²) in [5, 5.41) is 9.88. The second-order valence-electron chi connectivity index (χ2n) is 10.7. The number of hydrogen-bond acceptors (Lipinski definition) is 5. The van der Waals surface area contributed by atoms with Gasteiger partial charge in [-0.1, -0.05) is 59.5 Å². The number of benzene rings is 3. The van der Waals surface area contributed by atoms with E-state index in [-0.39, 0.29) is 85.2 Å². The third-order valence-corrected chi connectivity index (χ3v) is 16.6. The van der Waals surface area contributed by atoms with Crippen molar-refractivity contribution in [1.82, 2.24) is 4.90 Å². The number of ether oxygens (including phenoxy) is 2. The minimum atomic E-state index is -2.00. The van der Waals surface area contributed by atoms with Crippen molar-refractivity contribution in [3.8, 4) is 5.75 Å². The van der Waals surface area contributed by atoms with Crippen molar-refractivity contribution in [1.29, 1.82) is 0 Å². The zero-order valence-electron chi connectivity index (χ0n) is 27.0. The second kappa shape index (κ2) is 19.8. The number of carbonyl (C=O) groups excluding carboxylic acids is 1. The number of halogens is 2. The minimum absolute atomic E-state index is 0. The Morgan fingerprint density at radius 2 is 1.74 bits per heavy atom. The number of carbonyl (C=O) groups is 1. The zero-order chi connectivity index (χ0) is 31.1. The molecular weight excluding hydrogens is 1270 g/mol. The first-order valence-corrected chi connectivity index (χ1v) is 22.7. The van der Waals surface area contributed by atoms with E-state index in [1.807, 2.05) is 36.4 Å². The number of aliphatic imine (C=N–C) groups is 1. The van der Waals surface area contributed by atoms with Crippen LogP contribution in [0, 0.1) is 94.5 Å². The van der Waals surface area contributed by atoms with Crippen LogP contribution in [0.4, 0.5) is 4.79 Å². The summed E-state index contributed by atoms with van der Waals surface area (Å²) in [5.41, 5.74) is 3.56. The predicted octanol–water partition coefficient (Wildman–Crippen LogP) is 8.55. The van der Waals surface area contributed by atoms with Crippen LogP contribution in [0.2, 0.25) is 0 Å². The molecule has 3 aromatic rings.